The third-order valence-corrected chi connectivity index (χ3v) is 5.17. The number of rotatable bonds is 4. The number of hydrogen-bond acceptors (Lipinski definition) is 5. The lowest BCUT2D eigenvalue weighted by Gasteiger charge is -2.01. The van der Waals surface area contributed by atoms with Crippen molar-refractivity contribution in [1.29, 1.82) is 0 Å². The van der Waals surface area contributed by atoms with Crippen molar-refractivity contribution in [3.8, 4) is 0 Å². The Hall–Kier alpha value is -0.920. The van der Waals surface area contributed by atoms with E-state index in [9.17, 15) is 4.79 Å². The van der Waals surface area contributed by atoms with E-state index in [1.54, 1.807) is 6.92 Å². The molecule has 2 heterocycles. The molecule has 0 fully saturated rings. The molecule has 0 aliphatic rings. The van der Waals surface area contributed by atoms with E-state index in [0.29, 0.717) is 15.5 Å². The smallest absolute Gasteiger partial charge is 0.346 e. The van der Waals surface area contributed by atoms with Crippen molar-refractivity contribution in [2.45, 2.75) is 11.9 Å². The van der Waals surface area contributed by atoms with Gasteiger partial charge in [-0.15, -0.1) is 23.1 Å². The number of aromatic nitrogens is 2. The summed E-state index contributed by atoms with van der Waals surface area (Å²) in [6, 6.07) is 0. The first kappa shape index (κ1) is 13.5. The van der Waals surface area contributed by atoms with Crippen LogP contribution in [0.25, 0.3) is 10.2 Å². The topological polar surface area (TPSA) is 63.1 Å². The Bertz CT molecular complexity index is 639. The minimum absolute atomic E-state index is 0.324. The van der Waals surface area contributed by atoms with E-state index in [-0.39, 0.29) is 0 Å². The van der Waals surface area contributed by atoms with Crippen molar-refractivity contribution in [2.75, 3.05) is 5.75 Å². The van der Waals surface area contributed by atoms with Gasteiger partial charge < -0.3 is 5.11 Å². The zero-order valence-electron chi connectivity index (χ0n) is 9.44. The number of hydrogen-bond donors (Lipinski definition) is 1. The third-order valence-electron chi connectivity index (χ3n) is 2.25. The van der Waals surface area contributed by atoms with Gasteiger partial charge in [-0.25, -0.2) is 14.8 Å². The number of fused-ring (bicyclic) bond motifs is 1. The van der Waals surface area contributed by atoms with Gasteiger partial charge in [0.25, 0.3) is 0 Å². The number of thiophene rings is 1. The SMILES string of the molecule is C=C(Br)CSc1ncnc2sc(C(=O)O)c(C)c12. The number of aryl methyl sites for hydroxylation is 1. The van der Waals surface area contributed by atoms with E-state index >= 15 is 0 Å². The average Bonchev–Trinajstić information content (AvgIpc) is 2.65. The molecule has 0 unspecified atom stereocenters. The molecule has 18 heavy (non-hydrogen) atoms. The molecular weight excluding hydrogens is 336 g/mol. The molecule has 2 rings (SSSR count). The number of carboxylic acids is 1. The molecule has 2 aromatic heterocycles. The van der Waals surface area contributed by atoms with Crippen LogP contribution < -0.4 is 0 Å². The van der Waals surface area contributed by atoms with Gasteiger partial charge in [-0.05, 0) is 17.0 Å². The molecule has 0 aliphatic carbocycles. The lowest BCUT2D eigenvalue weighted by molar-refractivity contribution is 0.0701. The maximum Gasteiger partial charge on any atom is 0.346 e. The van der Waals surface area contributed by atoms with Crippen LogP contribution in [0.2, 0.25) is 0 Å². The van der Waals surface area contributed by atoms with Crippen LogP contribution in [0.5, 0.6) is 0 Å². The fourth-order valence-electron chi connectivity index (χ4n) is 1.50. The van der Waals surface area contributed by atoms with E-state index in [1.807, 2.05) is 0 Å². The van der Waals surface area contributed by atoms with E-state index < -0.39 is 5.97 Å². The number of aromatic carboxylic acids is 1. The summed E-state index contributed by atoms with van der Waals surface area (Å²) in [7, 11) is 0. The van der Waals surface area contributed by atoms with Crippen LogP contribution in [0.1, 0.15) is 15.2 Å². The molecule has 0 atom stereocenters. The maximum atomic E-state index is 11.1. The highest BCUT2D eigenvalue weighted by atomic mass is 79.9. The average molecular weight is 345 g/mol. The van der Waals surface area contributed by atoms with Gasteiger partial charge in [-0.1, -0.05) is 22.5 Å². The highest BCUT2D eigenvalue weighted by Crippen LogP contribution is 2.35. The van der Waals surface area contributed by atoms with Gasteiger partial charge in [0.15, 0.2) is 0 Å². The summed E-state index contributed by atoms with van der Waals surface area (Å²) >= 11 is 5.99. The molecule has 0 amide bonds. The molecule has 0 spiro atoms. The Morgan fingerprint density at radius 3 is 2.94 bits per heavy atom. The largest absolute Gasteiger partial charge is 0.477 e. The second-order valence-electron chi connectivity index (χ2n) is 3.53. The number of thioether (sulfide) groups is 1. The Morgan fingerprint density at radius 2 is 2.33 bits per heavy atom. The summed E-state index contributed by atoms with van der Waals surface area (Å²) in [6.45, 7) is 5.56. The van der Waals surface area contributed by atoms with Gasteiger partial charge in [-0.2, -0.15) is 0 Å². The molecule has 94 valence electrons. The van der Waals surface area contributed by atoms with Crippen molar-refractivity contribution < 1.29 is 9.90 Å². The van der Waals surface area contributed by atoms with Gasteiger partial charge in [0.2, 0.25) is 0 Å². The third kappa shape index (κ3) is 2.57. The zero-order valence-corrected chi connectivity index (χ0v) is 12.7. The lowest BCUT2D eigenvalue weighted by Crippen LogP contribution is -1.94. The molecule has 4 nitrogen and oxygen atoms in total. The highest BCUT2D eigenvalue weighted by molar-refractivity contribution is 9.11. The van der Waals surface area contributed by atoms with Crippen LogP contribution in [0.3, 0.4) is 0 Å². The molecular formula is C11H9BrN2O2S2. The first-order valence-corrected chi connectivity index (χ1v) is 7.53. The fraction of sp³-hybridized carbons (Fsp3) is 0.182. The van der Waals surface area contributed by atoms with Crippen molar-refractivity contribution >= 4 is 55.2 Å². The minimum atomic E-state index is -0.920. The summed E-state index contributed by atoms with van der Waals surface area (Å²) in [5, 5.41) is 10.7. The predicted molar refractivity (Wildman–Crippen MR) is 77.9 cm³/mol. The Labute approximate surface area is 120 Å². The van der Waals surface area contributed by atoms with Gasteiger partial charge in [-0.3, -0.25) is 0 Å². The predicted octanol–water partition coefficient (Wildman–Crippen LogP) is 3.70. The molecule has 0 aliphatic heterocycles. The Kier molecular flexibility index (Phi) is 4.04. The molecule has 7 heteroatoms. The monoisotopic (exact) mass is 344 g/mol. The second-order valence-corrected chi connectivity index (χ2v) is 6.61. The first-order chi connectivity index (χ1) is 8.50. The van der Waals surface area contributed by atoms with E-state index in [4.69, 9.17) is 5.11 Å². The summed E-state index contributed by atoms with van der Waals surface area (Å²) in [5.41, 5.74) is 0.728. The van der Waals surface area contributed by atoms with Crippen molar-refractivity contribution in [3.05, 3.63) is 27.8 Å². The molecule has 2 aromatic rings. The first-order valence-electron chi connectivity index (χ1n) is 4.94. The van der Waals surface area contributed by atoms with Crippen LogP contribution >= 0.6 is 39.0 Å². The Morgan fingerprint density at radius 1 is 1.61 bits per heavy atom. The van der Waals surface area contributed by atoms with Crippen LogP contribution in [-0.4, -0.2) is 26.8 Å². The van der Waals surface area contributed by atoms with Crippen molar-refractivity contribution in [3.63, 3.8) is 0 Å². The van der Waals surface area contributed by atoms with Crippen LogP contribution in [0, 0.1) is 6.92 Å². The fourth-order valence-corrected chi connectivity index (χ4v) is 3.70. The number of nitrogens with zero attached hydrogens (tertiary/aromatic N) is 2. The van der Waals surface area contributed by atoms with Crippen molar-refractivity contribution in [2.24, 2.45) is 0 Å². The standard InChI is InChI=1S/C11H9BrN2O2S2/c1-5(12)3-17-9-7-6(2)8(11(15)16)18-10(7)14-4-13-9/h4H,1,3H2,2H3,(H,15,16). The molecule has 1 N–H and O–H groups in total. The number of halogens is 1. The van der Waals surface area contributed by atoms with Crippen LogP contribution in [0.4, 0.5) is 0 Å². The molecule has 0 saturated heterocycles. The summed E-state index contributed by atoms with van der Waals surface area (Å²) in [4.78, 5) is 20.5. The van der Waals surface area contributed by atoms with Crippen LogP contribution in [0.15, 0.2) is 22.4 Å². The second kappa shape index (κ2) is 5.38. The summed E-state index contributed by atoms with van der Waals surface area (Å²) in [5.74, 6) is -0.236. The minimum Gasteiger partial charge on any atom is -0.477 e. The molecule has 0 radical (unpaired) electrons. The van der Waals surface area contributed by atoms with Crippen LogP contribution in [-0.2, 0) is 0 Å². The van der Waals surface area contributed by atoms with Gasteiger partial charge in [0.05, 0.1) is 0 Å². The van der Waals surface area contributed by atoms with Crippen molar-refractivity contribution in [1.82, 2.24) is 9.97 Å². The molecule has 0 bridgehead atoms. The molecule has 0 aromatic carbocycles. The normalized spacial score (nSPS) is 10.8. The molecule has 0 saturated carbocycles. The zero-order chi connectivity index (χ0) is 13.3. The lowest BCUT2D eigenvalue weighted by atomic mass is 10.2. The van der Waals surface area contributed by atoms with E-state index in [0.717, 1.165) is 20.5 Å². The van der Waals surface area contributed by atoms with E-state index in [2.05, 4.69) is 32.5 Å². The summed E-state index contributed by atoms with van der Waals surface area (Å²) in [6.07, 6.45) is 1.46. The summed E-state index contributed by atoms with van der Waals surface area (Å²) < 4.78 is 0.866. The highest BCUT2D eigenvalue weighted by Gasteiger charge is 2.18. The van der Waals surface area contributed by atoms with Gasteiger partial charge in [0, 0.05) is 11.1 Å². The van der Waals surface area contributed by atoms with E-state index in [1.165, 1.54) is 29.4 Å². The number of carbonyl (C=O) groups is 1. The quantitative estimate of drug-likeness (QED) is 0.676. The van der Waals surface area contributed by atoms with Gasteiger partial charge in [0.1, 0.15) is 21.1 Å². The van der Waals surface area contributed by atoms with Gasteiger partial charge >= 0.3 is 5.97 Å². The maximum absolute atomic E-state index is 11.1. The number of carboxylic acid groups (broad SMARTS) is 1. The Balaban J connectivity index is 2.54.